The second-order valence-electron chi connectivity index (χ2n) is 4.15. The smallest absolute Gasteiger partial charge is 0.338 e. The lowest BCUT2D eigenvalue weighted by Crippen LogP contribution is -2.10. The molecule has 0 unspecified atom stereocenters. The van der Waals surface area contributed by atoms with Crippen LogP contribution in [0.2, 0.25) is 0 Å². The minimum atomic E-state index is -0.435. The predicted molar refractivity (Wildman–Crippen MR) is 75.9 cm³/mol. The van der Waals surface area contributed by atoms with E-state index in [9.17, 15) is 9.59 Å². The van der Waals surface area contributed by atoms with Gasteiger partial charge in [0, 0.05) is 5.39 Å². The number of ether oxygens (including phenoxy) is 2. The second kappa shape index (κ2) is 6.19. The number of fused-ring (bicyclic) bond motifs is 1. The number of esters is 2. The molecule has 0 amide bonds. The largest absolute Gasteiger partial charge is 0.462 e. The Balaban J connectivity index is 2.64. The summed E-state index contributed by atoms with van der Waals surface area (Å²) in [6, 6.07) is 10.5. The van der Waals surface area contributed by atoms with Crippen molar-refractivity contribution in [1.29, 1.82) is 0 Å². The van der Waals surface area contributed by atoms with E-state index >= 15 is 0 Å². The van der Waals surface area contributed by atoms with Crippen LogP contribution in [0.3, 0.4) is 0 Å². The molecule has 0 radical (unpaired) electrons. The van der Waals surface area contributed by atoms with Gasteiger partial charge in [-0.05, 0) is 31.4 Å². The van der Waals surface area contributed by atoms with Crippen molar-refractivity contribution in [1.82, 2.24) is 0 Å². The van der Waals surface area contributed by atoms with Crippen molar-refractivity contribution in [3.05, 3.63) is 47.5 Å². The lowest BCUT2D eigenvalue weighted by molar-refractivity contribution is 0.0527. The molecule has 0 spiro atoms. The van der Waals surface area contributed by atoms with Gasteiger partial charge in [-0.1, -0.05) is 24.3 Å². The molecule has 0 bridgehead atoms. The second-order valence-corrected chi connectivity index (χ2v) is 4.15. The molecule has 0 saturated carbocycles. The van der Waals surface area contributed by atoms with Gasteiger partial charge >= 0.3 is 11.9 Å². The van der Waals surface area contributed by atoms with Crippen LogP contribution in [0, 0.1) is 0 Å². The van der Waals surface area contributed by atoms with Gasteiger partial charge in [0.15, 0.2) is 0 Å². The van der Waals surface area contributed by atoms with Gasteiger partial charge in [0.2, 0.25) is 0 Å². The summed E-state index contributed by atoms with van der Waals surface area (Å²) < 4.78 is 10.1. The molecule has 4 nitrogen and oxygen atoms in total. The molecule has 0 saturated heterocycles. The number of hydrogen-bond acceptors (Lipinski definition) is 4. The van der Waals surface area contributed by atoms with Gasteiger partial charge in [0.25, 0.3) is 0 Å². The fourth-order valence-electron chi connectivity index (χ4n) is 2.10. The normalized spacial score (nSPS) is 10.3. The third kappa shape index (κ3) is 2.64. The van der Waals surface area contributed by atoms with Gasteiger partial charge in [-0.25, -0.2) is 9.59 Å². The molecule has 4 heteroatoms. The van der Waals surface area contributed by atoms with E-state index in [4.69, 9.17) is 9.47 Å². The summed E-state index contributed by atoms with van der Waals surface area (Å²) in [5.41, 5.74) is 0.765. The van der Waals surface area contributed by atoms with E-state index in [1.54, 1.807) is 38.1 Å². The van der Waals surface area contributed by atoms with Crippen molar-refractivity contribution >= 4 is 22.7 Å². The summed E-state index contributed by atoms with van der Waals surface area (Å²) >= 11 is 0. The minimum absolute atomic E-state index is 0.288. The van der Waals surface area contributed by atoms with E-state index in [2.05, 4.69) is 0 Å². The minimum Gasteiger partial charge on any atom is -0.462 e. The third-order valence-corrected chi connectivity index (χ3v) is 2.90. The van der Waals surface area contributed by atoms with Crippen LogP contribution in [0.1, 0.15) is 34.6 Å². The van der Waals surface area contributed by atoms with Gasteiger partial charge in [0.05, 0.1) is 24.3 Å². The van der Waals surface area contributed by atoms with E-state index in [1.165, 1.54) is 0 Å². The third-order valence-electron chi connectivity index (χ3n) is 2.90. The Morgan fingerprint density at radius 1 is 0.850 bits per heavy atom. The van der Waals surface area contributed by atoms with Crippen LogP contribution in [0.4, 0.5) is 0 Å². The number of hydrogen-bond donors (Lipinski definition) is 0. The van der Waals surface area contributed by atoms with Crippen LogP contribution in [-0.4, -0.2) is 25.2 Å². The number of carbonyl (C=O) groups is 2. The van der Waals surface area contributed by atoms with E-state index in [0.717, 1.165) is 5.39 Å². The van der Waals surface area contributed by atoms with Crippen LogP contribution in [0.25, 0.3) is 10.8 Å². The zero-order chi connectivity index (χ0) is 14.5. The molecule has 0 fully saturated rings. The molecular weight excluding hydrogens is 256 g/mol. The van der Waals surface area contributed by atoms with Crippen molar-refractivity contribution in [3.8, 4) is 0 Å². The van der Waals surface area contributed by atoms with Crippen molar-refractivity contribution in [2.75, 3.05) is 13.2 Å². The monoisotopic (exact) mass is 272 g/mol. The SMILES string of the molecule is CCOC(=O)c1cccc2cccc(C(=O)OCC)c12. The predicted octanol–water partition coefficient (Wildman–Crippen LogP) is 3.19. The highest BCUT2D eigenvalue weighted by Crippen LogP contribution is 2.24. The molecular formula is C16H16O4. The Morgan fingerprint density at radius 3 is 1.70 bits per heavy atom. The lowest BCUT2D eigenvalue weighted by Gasteiger charge is -2.10. The Labute approximate surface area is 117 Å². The van der Waals surface area contributed by atoms with E-state index in [-0.39, 0.29) is 13.2 Å². The zero-order valence-corrected chi connectivity index (χ0v) is 11.5. The van der Waals surface area contributed by atoms with Crippen LogP contribution < -0.4 is 0 Å². The molecule has 0 heterocycles. The average Bonchev–Trinajstić information content (AvgIpc) is 2.46. The van der Waals surface area contributed by atoms with Gasteiger partial charge < -0.3 is 9.47 Å². The molecule has 0 N–H and O–H groups in total. The highest BCUT2D eigenvalue weighted by atomic mass is 16.5. The molecule has 0 aromatic heterocycles. The quantitative estimate of drug-likeness (QED) is 0.802. The maximum atomic E-state index is 12.0. The summed E-state index contributed by atoms with van der Waals surface area (Å²) in [7, 11) is 0. The van der Waals surface area contributed by atoms with Gasteiger partial charge in [0.1, 0.15) is 0 Å². The molecule has 0 aliphatic heterocycles. The Hall–Kier alpha value is -2.36. The highest BCUT2D eigenvalue weighted by molar-refractivity contribution is 6.13. The molecule has 0 aliphatic carbocycles. The van der Waals surface area contributed by atoms with E-state index in [0.29, 0.717) is 16.5 Å². The topological polar surface area (TPSA) is 52.6 Å². The Morgan fingerprint density at radius 2 is 1.30 bits per heavy atom. The van der Waals surface area contributed by atoms with E-state index in [1.807, 2.05) is 12.1 Å². The summed E-state index contributed by atoms with van der Waals surface area (Å²) in [6.07, 6.45) is 0. The summed E-state index contributed by atoms with van der Waals surface area (Å²) in [4.78, 5) is 24.0. The summed E-state index contributed by atoms with van der Waals surface area (Å²) in [5, 5.41) is 1.38. The number of carbonyl (C=O) groups excluding carboxylic acids is 2. The van der Waals surface area contributed by atoms with Crippen LogP contribution in [0.5, 0.6) is 0 Å². The van der Waals surface area contributed by atoms with Crippen molar-refractivity contribution < 1.29 is 19.1 Å². The fraction of sp³-hybridized carbons (Fsp3) is 0.250. The fourth-order valence-corrected chi connectivity index (χ4v) is 2.10. The van der Waals surface area contributed by atoms with Crippen LogP contribution in [0.15, 0.2) is 36.4 Å². The van der Waals surface area contributed by atoms with Crippen LogP contribution >= 0.6 is 0 Å². The number of rotatable bonds is 4. The first-order chi connectivity index (χ1) is 9.69. The standard InChI is InChI=1S/C16H16O4/c1-3-19-15(17)12-9-5-7-11-8-6-10-13(14(11)12)16(18)20-4-2/h5-10H,3-4H2,1-2H3. The first-order valence-electron chi connectivity index (χ1n) is 6.55. The zero-order valence-electron chi connectivity index (χ0n) is 11.5. The Bertz CT molecular complexity index is 593. The summed E-state index contributed by atoms with van der Waals surface area (Å²) in [5.74, 6) is -0.871. The van der Waals surface area contributed by atoms with Gasteiger partial charge in [-0.15, -0.1) is 0 Å². The highest BCUT2D eigenvalue weighted by Gasteiger charge is 2.18. The van der Waals surface area contributed by atoms with Crippen molar-refractivity contribution in [2.24, 2.45) is 0 Å². The first kappa shape index (κ1) is 14.1. The maximum absolute atomic E-state index is 12.0. The van der Waals surface area contributed by atoms with Gasteiger partial charge in [-0.2, -0.15) is 0 Å². The lowest BCUT2D eigenvalue weighted by atomic mass is 9.99. The maximum Gasteiger partial charge on any atom is 0.338 e. The first-order valence-corrected chi connectivity index (χ1v) is 6.55. The van der Waals surface area contributed by atoms with Crippen LogP contribution in [-0.2, 0) is 9.47 Å². The van der Waals surface area contributed by atoms with E-state index < -0.39 is 11.9 Å². The number of benzene rings is 2. The molecule has 0 atom stereocenters. The average molecular weight is 272 g/mol. The molecule has 104 valence electrons. The molecule has 2 rings (SSSR count). The van der Waals surface area contributed by atoms with Crippen molar-refractivity contribution in [2.45, 2.75) is 13.8 Å². The summed E-state index contributed by atoms with van der Waals surface area (Å²) in [6.45, 7) is 4.07. The molecule has 20 heavy (non-hydrogen) atoms. The Kier molecular flexibility index (Phi) is 4.35. The van der Waals surface area contributed by atoms with Crippen molar-refractivity contribution in [3.63, 3.8) is 0 Å². The molecule has 2 aromatic rings. The molecule has 0 aliphatic rings. The molecule has 2 aromatic carbocycles. The van der Waals surface area contributed by atoms with Gasteiger partial charge in [-0.3, -0.25) is 0 Å².